The first-order valence-electron chi connectivity index (χ1n) is 6.24. The summed E-state index contributed by atoms with van der Waals surface area (Å²) in [6, 6.07) is 22.7. The van der Waals surface area contributed by atoms with Gasteiger partial charge in [0.1, 0.15) is 0 Å². The number of anilines is 2. The molecule has 2 heteroatoms. The van der Waals surface area contributed by atoms with Crippen molar-refractivity contribution in [2.24, 2.45) is 0 Å². The molecule has 2 aromatic carbocycles. The van der Waals surface area contributed by atoms with E-state index in [2.05, 4.69) is 58.8 Å². The molecule has 0 amide bonds. The number of hydrogen-bond acceptors (Lipinski definition) is 2. The second kappa shape index (κ2) is 5.36. The van der Waals surface area contributed by atoms with Crippen LogP contribution in [0.1, 0.15) is 0 Å². The molecule has 0 aliphatic heterocycles. The molecule has 0 fully saturated rings. The number of benzene rings is 2. The highest BCUT2D eigenvalue weighted by molar-refractivity contribution is 5.68. The zero-order valence-electron chi connectivity index (χ0n) is 10.5. The van der Waals surface area contributed by atoms with Gasteiger partial charge in [-0.05, 0) is 35.4 Å². The van der Waals surface area contributed by atoms with Crippen molar-refractivity contribution in [1.29, 1.82) is 0 Å². The molecule has 2 nitrogen and oxygen atoms in total. The van der Waals surface area contributed by atoms with Gasteiger partial charge in [-0.1, -0.05) is 42.5 Å². The Balaban J connectivity index is 1.80. The van der Waals surface area contributed by atoms with Crippen molar-refractivity contribution in [2.75, 3.05) is 5.32 Å². The Morgan fingerprint density at radius 2 is 1.37 bits per heavy atom. The summed E-state index contributed by atoms with van der Waals surface area (Å²) in [7, 11) is 0. The number of pyridine rings is 1. The third-order valence-corrected chi connectivity index (χ3v) is 2.94. The molecule has 0 saturated heterocycles. The van der Waals surface area contributed by atoms with Gasteiger partial charge in [-0.15, -0.1) is 0 Å². The lowest BCUT2D eigenvalue weighted by atomic mass is 10.1. The van der Waals surface area contributed by atoms with E-state index >= 15 is 0 Å². The van der Waals surface area contributed by atoms with Gasteiger partial charge < -0.3 is 5.32 Å². The summed E-state index contributed by atoms with van der Waals surface area (Å²) in [6.45, 7) is 0. The molecule has 0 unspecified atom stereocenters. The molecule has 0 radical (unpaired) electrons. The summed E-state index contributed by atoms with van der Waals surface area (Å²) < 4.78 is 0. The first-order chi connectivity index (χ1) is 9.42. The van der Waals surface area contributed by atoms with Crippen LogP contribution >= 0.6 is 0 Å². The predicted molar refractivity (Wildman–Crippen MR) is 79.4 cm³/mol. The lowest BCUT2D eigenvalue weighted by Crippen LogP contribution is -1.90. The second-order valence-corrected chi connectivity index (χ2v) is 4.31. The first kappa shape index (κ1) is 11.5. The van der Waals surface area contributed by atoms with Crippen molar-refractivity contribution in [3.05, 3.63) is 79.1 Å². The molecule has 1 N–H and O–H groups in total. The highest BCUT2D eigenvalue weighted by Crippen LogP contribution is 2.22. The van der Waals surface area contributed by atoms with Crippen LogP contribution < -0.4 is 5.32 Å². The normalized spacial score (nSPS) is 10.1. The van der Waals surface area contributed by atoms with Gasteiger partial charge in [0.05, 0.1) is 11.9 Å². The van der Waals surface area contributed by atoms with Crippen molar-refractivity contribution < 1.29 is 0 Å². The Morgan fingerprint density at radius 3 is 2.05 bits per heavy atom. The monoisotopic (exact) mass is 246 g/mol. The maximum absolute atomic E-state index is 4.08. The average Bonchev–Trinajstić information content (AvgIpc) is 2.50. The third kappa shape index (κ3) is 2.80. The fourth-order valence-corrected chi connectivity index (χ4v) is 1.98. The fourth-order valence-electron chi connectivity index (χ4n) is 1.98. The van der Waals surface area contributed by atoms with Crippen LogP contribution in [0.3, 0.4) is 0 Å². The van der Waals surface area contributed by atoms with E-state index in [4.69, 9.17) is 0 Å². The van der Waals surface area contributed by atoms with Gasteiger partial charge in [0.25, 0.3) is 0 Å². The van der Waals surface area contributed by atoms with Crippen LogP contribution in [0.5, 0.6) is 0 Å². The van der Waals surface area contributed by atoms with Gasteiger partial charge >= 0.3 is 0 Å². The van der Waals surface area contributed by atoms with E-state index in [0.29, 0.717) is 0 Å². The van der Waals surface area contributed by atoms with E-state index in [1.165, 1.54) is 11.1 Å². The highest BCUT2D eigenvalue weighted by Gasteiger charge is 1.97. The number of hydrogen-bond donors (Lipinski definition) is 1. The minimum atomic E-state index is 0.995. The van der Waals surface area contributed by atoms with Crippen molar-refractivity contribution in [2.45, 2.75) is 0 Å². The van der Waals surface area contributed by atoms with Crippen molar-refractivity contribution in [3.63, 3.8) is 0 Å². The summed E-state index contributed by atoms with van der Waals surface area (Å²) in [5.41, 5.74) is 4.51. The minimum Gasteiger partial charge on any atom is -0.354 e. The molecule has 0 aliphatic rings. The second-order valence-electron chi connectivity index (χ2n) is 4.31. The summed E-state index contributed by atoms with van der Waals surface area (Å²) in [5, 5.41) is 3.32. The van der Waals surface area contributed by atoms with Crippen LogP contribution in [0.4, 0.5) is 11.4 Å². The van der Waals surface area contributed by atoms with E-state index in [1.54, 1.807) is 6.20 Å². The van der Waals surface area contributed by atoms with Gasteiger partial charge in [-0.3, -0.25) is 4.98 Å². The zero-order valence-corrected chi connectivity index (χ0v) is 10.5. The summed E-state index contributed by atoms with van der Waals surface area (Å²) in [5.74, 6) is 0. The summed E-state index contributed by atoms with van der Waals surface area (Å²) in [6.07, 6.45) is 3.58. The number of nitrogens with one attached hydrogen (secondary N) is 1. The van der Waals surface area contributed by atoms with Crippen LogP contribution in [0, 0.1) is 0 Å². The van der Waals surface area contributed by atoms with Crippen LogP contribution in [0.15, 0.2) is 79.1 Å². The zero-order chi connectivity index (χ0) is 12.9. The van der Waals surface area contributed by atoms with Crippen LogP contribution in [-0.4, -0.2) is 4.98 Å². The molecule has 0 bridgehead atoms. The SMILES string of the molecule is c1ccc(-c2ccc(Nc3cccnc3)cc2)cc1. The van der Waals surface area contributed by atoms with Crippen molar-refractivity contribution >= 4 is 11.4 Å². The molecule has 0 saturated carbocycles. The van der Waals surface area contributed by atoms with Gasteiger partial charge in [0.15, 0.2) is 0 Å². The molecule has 3 rings (SSSR count). The number of aromatic nitrogens is 1. The summed E-state index contributed by atoms with van der Waals surface area (Å²) in [4.78, 5) is 4.08. The number of nitrogens with zero attached hydrogens (tertiary/aromatic N) is 1. The van der Waals surface area contributed by atoms with E-state index < -0.39 is 0 Å². The van der Waals surface area contributed by atoms with E-state index in [0.717, 1.165) is 11.4 Å². The molecule has 0 aliphatic carbocycles. The minimum absolute atomic E-state index is 0.995. The molecule has 19 heavy (non-hydrogen) atoms. The van der Waals surface area contributed by atoms with Crippen molar-refractivity contribution in [3.8, 4) is 11.1 Å². The Labute approximate surface area is 112 Å². The summed E-state index contributed by atoms with van der Waals surface area (Å²) >= 11 is 0. The Bertz CT molecular complexity index is 631. The lowest BCUT2D eigenvalue weighted by Gasteiger charge is -2.07. The largest absolute Gasteiger partial charge is 0.354 e. The molecule has 0 atom stereocenters. The molecule has 1 aromatic heterocycles. The van der Waals surface area contributed by atoms with Crippen LogP contribution in [0.2, 0.25) is 0 Å². The Kier molecular flexibility index (Phi) is 3.24. The topological polar surface area (TPSA) is 24.9 Å². The lowest BCUT2D eigenvalue weighted by molar-refractivity contribution is 1.32. The van der Waals surface area contributed by atoms with Gasteiger partial charge in [-0.2, -0.15) is 0 Å². The predicted octanol–water partition coefficient (Wildman–Crippen LogP) is 4.49. The van der Waals surface area contributed by atoms with Gasteiger partial charge in [0, 0.05) is 11.9 Å². The van der Waals surface area contributed by atoms with E-state index in [9.17, 15) is 0 Å². The average molecular weight is 246 g/mol. The Hall–Kier alpha value is -2.61. The van der Waals surface area contributed by atoms with Gasteiger partial charge in [-0.25, -0.2) is 0 Å². The fraction of sp³-hybridized carbons (Fsp3) is 0. The highest BCUT2D eigenvalue weighted by atomic mass is 14.9. The number of rotatable bonds is 3. The maximum Gasteiger partial charge on any atom is 0.0570 e. The molecular weight excluding hydrogens is 232 g/mol. The molecule has 1 heterocycles. The third-order valence-electron chi connectivity index (χ3n) is 2.94. The van der Waals surface area contributed by atoms with Crippen LogP contribution in [-0.2, 0) is 0 Å². The molecule has 92 valence electrons. The van der Waals surface area contributed by atoms with E-state index in [1.807, 2.05) is 24.4 Å². The standard InChI is InChI=1S/C17H14N2/c1-2-5-14(6-3-1)15-8-10-16(11-9-15)19-17-7-4-12-18-13-17/h1-13,19H. The van der Waals surface area contributed by atoms with Crippen molar-refractivity contribution in [1.82, 2.24) is 4.98 Å². The molecule has 3 aromatic rings. The smallest absolute Gasteiger partial charge is 0.0570 e. The Morgan fingerprint density at radius 1 is 0.632 bits per heavy atom. The first-order valence-corrected chi connectivity index (χ1v) is 6.24. The molecular formula is C17H14N2. The van der Waals surface area contributed by atoms with Crippen LogP contribution in [0.25, 0.3) is 11.1 Å². The quantitative estimate of drug-likeness (QED) is 0.736. The molecule has 0 spiro atoms. The maximum atomic E-state index is 4.08. The van der Waals surface area contributed by atoms with E-state index in [-0.39, 0.29) is 0 Å². The van der Waals surface area contributed by atoms with Gasteiger partial charge in [0.2, 0.25) is 0 Å².